The van der Waals surface area contributed by atoms with Crippen molar-refractivity contribution in [3.05, 3.63) is 54.1 Å². The monoisotopic (exact) mass is 572 g/mol. The highest BCUT2D eigenvalue weighted by Gasteiger charge is 2.54. The first kappa shape index (κ1) is 30.0. The first-order valence-electron chi connectivity index (χ1n) is 13.9. The van der Waals surface area contributed by atoms with E-state index in [2.05, 4.69) is 17.1 Å². The molecule has 0 aromatic heterocycles. The number of aliphatic hydroxyl groups excluding tert-OH is 1. The minimum atomic E-state index is -3.76. The standard InChI is InChI=1S/C29H40N4O6S/c1-4-5-16-33-27(35)25(26(34)20(2)3)31-28(36)29(33)14-17-32(18-15-29)19-21-6-8-22(9-7-21)39-23-10-12-24(13-11-23)40(30,37)38/h6-13,20,25-26,34H,4-5,14-19H2,1-3H3,(H,31,36)(H2,30,37,38). The van der Waals surface area contributed by atoms with Gasteiger partial charge in [-0.1, -0.05) is 39.3 Å². The van der Waals surface area contributed by atoms with Crippen LogP contribution < -0.4 is 15.2 Å². The van der Waals surface area contributed by atoms with E-state index in [9.17, 15) is 23.1 Å². The Morgan fingerprint density at radius 3 is 2.15 bits per heavy atom. The van der Waals surface area contributed by atoms with Gasteiger partial charge < -0.3 is 20.1 Å². The Labute approximate surface area is 236 Å². The Morgan fingerprint density at radius 2 is 1.62 bits per heavy atom. The van der Waals surface area contributed by atoms with Crippen LogP contribution in [0.5, 0.6) is 11.5 Å². The third kappa shape index (κ3) is 6.49. The molecule has 40 heavy (non-hydrogen) atoms. The summed E-state index contributed by atoms with van der Waals surface area (Å²) in [4.78, 5) is 31.0. The zero-order valence-electron chi connectivity index (χ0n) is 23.4. The van der Waals surface area contributed by atoms with Crippen LogP contribution in [0.2, 0.25) is 0 Å². The Morgan fingerprint density at radius 1 is 1.05 bits per heavy atom. The van der Waals surface area contributed by atoms with Crippen LogP contribution in [-0.4, -0.2) is 72.5 Å². The van der Waals surface area contributed by atoms with Crippen LogP contribution >= 0.6 is 0 Å². The van der Waals surface area contributed by atoms with Crippen LogP contribution in [0, 0.1) is 5.92 Å². The van der Waals surface area contributed by atoms with E-state index < -0.39 is 27.7 Å². The van der Waals surface area contributed by atoms with Crippen LogP contribution in [0.15, 0.2) is 53.4 Å². The van der Waals surface area contributed by atoms with Gasteiger partial charge in [-0.05, 0) is 67.1 Å². The van der Waals surface area contributed by atoms with Crippen LogP contribution in [-0.2, 0) is 26.2 Å². The maximum Gasteiger partial charge on any atom is 0.248 e. The highest BCUT2D eigenvalue weighted by Crippen LogP contribution is 2.35. The lowest BCUT2D eigenvalue weighted by Gasteiger charge is -2.52. The summed E-state index contributed by atoms with van der Waals surface area (Å²) in [5, 5.41) is 18.6. The second-order valence-electron chi connectivity index (χ2n) is 11.1. The third-order valence-electron chi connectivity index (χ3n) is 7.92. The summed E-state index contributed by atoms with van der Waals surface area (Å²) >= 11 is 0. The van der Waals surface area contributed by atoms with Crippen LogP contribution in [0.1, 0.15) is 52.0 Å². The number of aliphatic hydroxyl groups is 1. The van der Waals surface area contributed by atoms with Gasteiger partial charge in [0, 0.05) is 26.2 Å². The largest absolute Gasteiger partial charge is 0.457 e. The van der Waals surface area contributed by atoms with Crippen LogP contribution in [0.3, 0.4) is 0 Å². The normalized spacial score (nSPS) is 20.6. The summed E-state index contributed by atoms with van der Waals surface area (Å²) in [6.07, 6.45) is 1.86. The number of piperazine rings is 1. The maximum atomic E-state index is 13.5. The molecule has 1 spiro atoms. The number of likely N-dealkylation sites (tertiary alicyclic amines) is 1. The van der Waals surface area contributed by atoms with E-state index in [1.807, 2.05) is 38.1 Å². The van der Waals surface area contributed by atoms with Gasteiger partial charge in [0.05, 0.1) is 11.0 Å². The number of sulfonamides is 1. The second kappa shape index (κ2) is 12.3. The summed E-state index contributed by atoms with van der Waals surface area (Å²) in [6, 6.07) is 12.7. The number of piperidine rings is 1. The number of benzene rings is 2. The molecule has 2 atom stereocenters. The number of carbonyl (C=O) groups is 2. The molecule has 4 N–H and O–H groups in total. The van der Waals surface area contributed by atoms with Crippen LogP contribution in [0.4, 0.5) is 0 Å². The number of hydrogen-bond donors (Lipinski definition) is 3. The lowest BCUT2D eigenvalue weighted by molar-refractivity contribution is -0.165. The van der Waals surface area contributed by atoms with Crippen molar-refractivity contribution >= 4 is 21.8 Å². The molecule has 2 aliphatic heterocycles. The highest BCUT2D eigenvalue weighted by molar-refractivity contribution is 7.89. The Hall–Kier alpha value is -2.99. The molecule has 2 heterocycles. The van der Waals surface area contributed by atoms with Gasteiger partial charge in [-0.3, -0.25) is 14.5 Å². The summed E-state index contributed by atoms with van der Waals surface area (Å²) in [6.45, 7) is 8.27. The zero-order valence-corrected chi connectivity index (χ0v) is 24.2. The molecule has 2 unspecified atom stereocenters. The van der Waals surface area contributed by atoms with Crippen molar-refractivity contribution in [2.24, 2.45) is 11.1 Å². The van der Waals surface area contributed by atoms with Crippen molar-refractivity contribution in [3.8, 4) is 11.5 Å². The number of nitrogens with zero attached hydrogens (tertiary/aromatic N) is 2. The minimum absolute atomic E-state index is 0.0232. The van der Waals surface area contributed by atoms with E-state index in [1.165, 1.54) is 12.1 Å². The summed E-state index contributed by atoms with van der Waals surface area (Å²) in [7, 11) is -3.76. The van der Waals surface area contributed by atoms with Gasteiger partial charge in [0.15, 0.2) is 0 Å². The fourth-order valence-corrected chi connectivity index (χ4v) is 5.94. The molecule has 2 amide bonds. The van der Waals surface area contributed by atoms with Gasteiger partial charge >= 0.3 is 0 Å². The van der Waals surface area contributed by atoms with E-state index in [1.54, 1.807) is 17.0 Å². The average Bonchev–Trinajstić information content (AvgIpc) is 2.92. The second-order valence-corrected chi connectivity index (χ2v) is 12.7. The quantitative estimate of drug-likeness (QED) is 0.397. The Bertz CT molecular complexity index is 1290. The molecule has 2 aliphatic rings. The van der Waals surface area contributed by atoms with E-state index in [0.717, 1.165) is 18.4 Å². The van der Waals surface area contributed by atoms with Gasteiger partial charge in [-0.2, -0.15) is 0 Å². The highest BCUT2D eigenvalue weighted by atomic mass is 32.2. The molecular weight excluding hydrogens is 532 g/mol. The molecule has 0 aliphatic carbocycles. The number of primary sulfonamides is 1. The average molecular weight is 573 g/mol. The van der Waals surface area contributed by atoms with E-state index in [-0.39, 0.29) is 22.6 Å². The number of unbranched alkanes of at least 4 members (excludes halogenated alkanes) is 1. The molecule has 4 rings (SSSR count). The Kier molecular flexibility index (Phi) is 9.19. The summed E-state index contributed by atoms with van der Waals surface area (Å²) < 4.78 is 28.7. The third-order valence-corrected chi connectivity index (χ3v) is 8.85. The molecular formula is C29H40N4O6S. The van der Waals surface area contributed by atoms with E-state index >= 15 is 0 Å². The topological polar surface area (TPSA) is 142 Å². The number of nitrogens with two attached hydrogens (primary N) is 1. The van der Waals surface area contributed by atoms with Gasteiger partial charge in [-0.15, -0.1) is 0 Å². The first-order valence-corrected chi connectivity index (χ1v) is 15.4. The molecule has 2 fully saturated rings. The fourth-order valence-electron chi connectivity index (χ4n) is 5.43. The van der Waals surface area contributed by atoms with Crippen molar-refractivity contribution in [2.45, 2.75) is 75.6 Å². The molecule has 0 radical (unpaired) electrons. The molecule has 0 saturated carbocycles. The number of amides is 2. The number of nitrogens with one attached hydrogen (secondary N) is 1. The molecule has 2 aromatic rings. The molecule has 11 heteroatoms. The van der Waals surface area contributed by atoms with E-state index in [0.29, 0.717) is 50.5 Å². The molecule has 0 bridgehead atoms. The number of carbonyl (C=O) groups excluding carboxylic acids is 2. The SMILES string of the molecule is CCCCN1C(=O)C(C(O)C(C)C)NC(=O)C12CCN(Cc1ccc(Oc3ccc(S(N)(=O)=O)cc3)cc1)CC2. The summed E-state index contributed by atoms with van der Waals surface area (Å²) in [5.74, 6) is 0.624. The van der Waals surface area contributed by atoms with Crippen molar-refractivity contribution in [1.82, 2.24) is 15.1 Å². The van der Waals surface area contributed by atoms with Crippen molar-refractivity contribution in [1.29, 1.82) is 0 Å². The fraction of sp³-hybridized carbons (Fsp3) is 0.517. The van der Waals surface area contributed by atoms with Crippen molar-refractivity contribution < 1.29 is 27.9 Å². The molecule has 218 valence electrons. The van der Waals surface area contributed by atoms with Crippen LogP contribution in [0.25, 0.3) is 0 Å². The van der Waals surface area contributed by atoms with Gasteiger partial charge in [0.2, 0.25) is 21.8 Å². The van der Waals surface area contributed by atoms with Gasteiger partial charge in [0.25, 0.3) is 0 Å². The lowest BCUT2D eigenvalue weighted by Crippen LogP contribution is -2.74. The van der Waals surface area contributed by atoms with Crippen molar-refractivity contribution in [2.75, 3.05) is 19.6 Å². The predicted octanol–water partition coefficient (Wildman–Crippen LogP) is 2.60. The van der Waals surface area contributed by atoms with E-state index in [4.69, 9.17) is 9.88 Å². The molecule has 10 nitrogen and oxygen atoms in total. The predicted molar refractivity (Wildman–Crippen MR) is 151 cm³/mol. The minimum Gasteiger partial charge on any atom is -0.457 e. The number of ether oxygens (including phenoxy) is 1. The lowest BCUT2D eigenvalue weighted by atomic mass is 9.80. The number of rotatable bonds is 10. The Balaban J connectivity index is 1.38. The molecule has 2 saturated heterocycles. The first-order chi connectivity index (χ1) is 18.9. The van der Waals surface area contributed by atoms with Gasteiger partial charge in [-0.25, -0.2) is 13.6 Å². The molecule has 2 aromatic carbocycles. The van der Waals surface area contributed by atoms with Gasteiger partial charge in [0.1, 0.15) is 23.1 Å². The number of hydrogen-bond acceptors (Lipinski definition) is 7. The van der Waals surface area contributed by atoms with Crippen molar-refractivity contribution in [3.63, 3.8) is 0 Å². The maximum absolute atomic E-state index is 13.5. The smallest absolute Gasteiger partial charge is 0.248 e. The summed E-state index contributed by atoms with van der Waals surface area (Å²) in [5.41, 5.74) is 0.201. The zero-order chi connectivity index (χ0) is 29.1.